The number of aryl methyl sites for hydroxylation is 1. The van der Waals surface area contributed by atoms with Crippen molar-refractivity contribution in [2.24, 2.45) is 5.16 Å². The summed E-state index contributed by atoms with van der Waals surface area (Å²) in [6.07, 6.45) is 3.73. The van der Waals surface area contributed by atoms with Crippen LogP contribution in [0.2, 0.25) is 0 Å². The summed E-state index contributed by atoms with van der Waals surface area (Å²) in [7, 11) is 0. The molecule has 3 aromatic rings. The van der Waals surface area contributed by atoms with Crippen LogP contribution in [0.15, 0.2) is 53.9 Å². The summed E-state index contributed by atoms with van der Waals surface area (Å²) in [6, 6.07) is 9.30. The first-order valence-electron chi connectivity index (χ1n) is 10.3. The van der Waals surface area contributed by atoms with Crippen molar-refractivity contribution in [2.75, 3.05) is 0 Å². The minimum Gasteiger partial charge on any atom is -0.389 e. The first-order valence-corrected chi connectivity index (χ1v) is 10.3. The molecule has 0 spiro atoms. The quantitative estimate of drug-likeness (QED) is 0.516. The Morgan fingerprint density at radius 1 is 1.09 bits per heavy atom. The van der Waals surface area contributed by atoms with Gasteiger partial charge in [0.2, 0.25) is 0 Å². The summed E-state index contributed by atoms with van der Waals surface area (Å²) in [4.78, 5) is 42.8. The first-order chi connectivity index (χ1) is 16.1. The molecule has 7 nitrogen and oxygen atoms in total. The van der Waals surface area contributed by atoms with E-state index in [-0.39, 0.29) is 18.2 Å². The number of hydrogen-bond acceptors (Lipinski definition) is 7. The van der Waals surface area contributed by atoms with E-state index in [4.69, 9.17) is 14.4 Å². The van der Waals surface area contributed by atoms with Crippen LogP contribution in [0.1, 0.15) is 47.4 Å². The Morgan fingerprint density at radius 3 is 2.32 bits per heavy atom. The SMILES string of the molecule is Cc1ccc(C2=NOC(C)(C)C2)cc1-c1cnc(CC(=O)c2c(F)cccc2F)cn1.O=C=O. The highest BCUT2D eigenvalue weighted by Crippen LogP contribution is 2.29. The van der Waals surface area contributed by atoms with Gasteiger partial charge in [-0.2, -0.15) is 9.59 Å². The molecule has 0 radical (unpaired) electrons. The molecule has 0 N–H and O–H groups in total. The number of ketones is 1. The van der Waals surface area contributed by atoms with E-state index in [1.54, 1.807) is 6.20 Å². The Bertz CT molecular complexity index is 1260. The largest absolute Gasteiger partial charge is 0.389 e. The summed E-state index contributed by atoms with van der Waals surface area (Å²) in [5.74, 6) is -2.45. The number of benzene rings is 2. The molecule has 0 aliphatic carbocycles. The molecule has 0 bridgehead atoms. The Morgan fingerprint density at radius 2 is 1.76 bits per heavy atom. The third-order valence-electron chi connectivity index (χ3n) is 5.13. The molecular formula is C25H21F2N3O4. The van der Waals surface area contributed by atoms with Crippen LogP contribution in [0.4, 0.5) is 8.78 Å². The van der Waals surface area contributed by atoms with Crippen molar-refractivity contribution in [3.05, 3.63) is 82.8 Å². The monoisotopic (exact) mass is 465 g/mol. The van der Waals surface area contributed by atoms with E-state index in [0.29, 0.717) is 17.8 Å². The molecule has 0 fully saturated rings. The molecule has 0 atom stereocenters. The predicted octanol–water partition coefficient (Wildman–Crippen LogP) is 4.48. The van der Waals surface area contributed by atoms with E-state index >= 15 is 0 Å². The van der Waals surface area contributed by atoms with Crippen molar-refractivity contribution in [1.29, 1.82) is 0 Å². The molecule has 1 aromatic heterocycles. The fraction of sp³-hybridized carbons (Fsp3) is 0.240. The maximum Gasteiger partial charge on any atom is 0.373 e. The lowest BCUT2D eigenvalue weighted by molar-refractivity contribution is -0.191. The number of oxime groups is 1. The minimum atomic E-state index is -0.885. The smallest absolute Gasteiger partial charge is 0.373 e. The number of carbonyl (C=O) groups is 1. The van der Waals surface area contributed by atoms with Crippen molar-refractivity contribution in [3.8, 4) is 11.3 Å². The Labute approximate surface area is 194 Å². The molecular weight excluding hydrogens is 444 g/mol. The highest BCUT2D eigenvalue weighted by Gasteiger charge is 2.29. The molecule has 2 aromatic carbocycles. The first kappa shape index (κ1) is 24.5. The molecule has 0 unspecified atom stereocenters. The van der Waals surface area contributed by atoms with Gasteiger partial charge in [-0.1, -0.05) is 23.4 Å². The van der Waals surface area contributed by atoms with Gasteiger partial charge in [-0.25, -0.2) is 8.78 Å². The van der Waals surface area contributed by atoms with Crippen LogP contribution < -0.4 is 0 Å². The van der Waals surface area contributed by atoms with Gasteiger partial charge in [0.1, 0.15) is 17.2 Å². The van der Waals surface area contributed by atoms with E-state index in [9.17, 15) is 13.6 Å². The molecule has 2 heterocycles. The molecule has 34 heavy (non-hydrogen) atoms. The molecule has 1 aliphatic heterocycles. The van der Waals surface area contributed by atoms with Crippen molar-refractivity contribution in [3.63, 3.8) is 0 Å². The summed E-state index contributed by atoms with van der Waals surface area (Å²) < 4.78 is 27.7. The van der Waals surface area contributed by atoms with Crippen molar-refractivity contribution in [1.82, 2.24) is 9.97 Å². The van der Waals surface area contributed by atoms with Crippen LogP contribution >= 0.6 is 0 Å². The average Bonchev–Trinajstić information content (AvgIpc) is 3.15. The van der Waals surface area contributed by atoms with Gasteiger partial charge in [0, 0.05) is 23.7 Å². The maximum atomic E-state index is 13.8. The number of rotatable bonds is 5. The van der Waals surface area contributed by atoms with E-state index in [0.717, 1.165) is 34.5 Å². The fourth-order valence-electron chi connectivity index (χ4n) is 3.48. The number of nitrogens with zero attached hydrogens (tertiary/aromatic N) is 3. The standard InChI is InChI=1S/C24H21F2N3O2.CO2/c1-14-7-8-15(20-11-24(2,3)31-29-20)9-17(14)21-13-27-16(12-28-21)10-22(30)23-18(25)5-4-6-19(23)26;2-1-3/h4-9,12-13H,10-11H2,1-3H3;. The highest BCUT2D eigenvalue weighted by atomic mass is 19.1. The van der Waals surface area contributed by atoms with Gasteiger partial charge in [-0.05, 0) is 44.5 Å². The number of hydrogen-bond donors (Lipinski definition) is 0. The summed E-state index contributed by atoms with van der Waals surface area (Å²) in [6.45, 7) is 5.94. The molecule has 4 rings (SSSR count). The van der Waals surface area contributed by atoms with Crippen molar-refractivity contribution in [2.45, 2.75) is 39.2 Å². The Hall–Kier alpha value is -4.10. The molecule has 9 heteroatoms. The zero-order valence-corrected chi connectivity index (χ0v) is 18.8. The average molecular weight is 465 g/mol. The van der Waals surface area contributed by atoms with Crippen LogP contribution in [0.5, 0.6) is 0 Å². The highest BCUT2D eigenvalue weighted by molar-refractivity contribution is 6.02. The van der Waals surface area contributed by atoms with E-state index in [1.807, 2.05) is 39.0 Å². The van der Waals surface area contributed by atoms with Gasteiger partial charge in [0.05, 0.1) is 35.3 Å². The normalized spacial score (nSPS) is 13.7. The third kappa shape index (κ3) is 5.63. The van der Waals surface area contributed by atoms with Gasteiger partial charge in [0.25, 0.3) is 0 Å². The van der Waals surface area contributed by atoms with E-state index < -0.39 is 23.0 Å². The topological polar surface area (TPSA) is 98.6 Å². The van der Waals surface area contributed by atoms with Gasteiger partial charge in [0.15, 0.2) is 5.78 Å². The maximum absolute atomic E-state index is 13.8. The van der Waals surface area contributed by atoms with E-state index in [2.05, 4.69) is 15.1 Å². The number of Topliss-reactive ketones (excluding diaryl/α,β-unsaturated/α-hetero) is 1. The van der Waals surface area contributed by atoms with Crippen molar-refractivity contribution >= 4 is 17.6 Å². The van der Waals surface area contributed by atoms with Crippen LogP contribution in [0.25, 0.3) is 11.3 Å². The van der Waals surface area contributed by atoms with Crippen molar-refractivity contribution < 1.29 is 28.0 Å². The molecule has 0 saturated carbocycles. The predicted molar refractivity (Wildman–Crippen MR) is 118 cm³/mol. The summed E-state index contributed by atoms with van der Waals surface area (Å²) in [5, 5.41) is 4.19. The number of halogens is 2. The second-order valence-corrected chi connectivity index (χ2v) is 8.27. The Kier molecular flexibility index (Phi) is 7.38. The Balaban J connectivity index is 0.00000103. The van der Waals surface area contributed by atoms with Gasteiger partial charge in [-0.3, -0.25) is 14.8 Å². The van der Waals surface area contributed by atoms with Gasteiger partial charge in [-0.15, -0.1) is 0 Å². The van der Waals surface area contributed by atoms with E-state index in [1.165, 1.54) is 12.3 Å². The lowest BCUT2D eigenvalue weighted by Crippen LogP contribution is -2.19. The second-order valence-electron chi connectivity index (χ2n) is 8.27. The van der Waals surface area contributed by atoms with Crippen LogP contribution in [0.3, 0.4) is 0 Å². The molecule has 0 saturated heterocycles. The van der Waals surface area contributed by atoms with Crippen LogP contribution in [-0.4, -0.2) is 33.2 Å². The zero-order chi connectivity index (χ0) is 24.9. The number of aromatic nitrogens is 2. The molecule has 0 amide bonds. The van der Waals surface area contributed by atoms with Gasteiger partial charge < -0.3 is 4.84 Å². The van der Waals surface area contributed by atoms with Crippen LogP contribution in [0, 0.1) is 18.6 Å². The minimum absolute atomic E-state index is 0.243. The lowest BCUT2D eigenvalue weighted by Gasteiger charge is -2.13. The summed E-state index contributed by atoms with van der Waals surface area (Å²) >= 11 is 0. The van der Waals surface area contributed by atoms with Crippen LogP contribution in [-0.2, 0) is 20.8 Å². The molecule has 1 aliphatic rings. The fourth-order valence-corrected chi connectivity index (χ4v) is 3.48. The molecule has 174 valence electrons. The third-order valence-corrected chi connectivity index (χ3v) is 5.13. The lowest BCUT2D eigenvalue weighted by atomic mass is 9.94. The van der Waals surface area contributed by atoms with Gasteiger partial charge >= 0.3 is 6.15 Å². The summed E-state index contributed by atoms with van der Waals surface area (Å²) in [5.41, 5.74) is 3.79. The zero-order valence-electron chi connectivity index (χ0n) is 18.8. The second kappa shape index (κ2) is 10.2. The number of carbonyl (C=O) groups excluding carboxylic acids is 3.